The molecule has 0 saturated carbocycles. The van der Waals surface area contributed by atoms with Crippen LogP contribution < -0.4 is 0 Å². The van der Waals surface area contributed by atoms with Gasteiger partial charge in [0, 0.05) is 18.4 Å². The molecule has 0 spiro atoms. The highest BCUT2D eigenvalue weighted by molar-refractivity contribution is 7.10. The highest BCUT2D eigenvalue weighted by Gasteiger charge is 2.17. The van der Waals surface area contributed by atoms with Crippen molar-refractivity contribution < 1.29 is 14.6 Å². The maximum atomic E-state index is 10.6. The second-order valence-electron chi connectivity index (χ2n) is 2.86. The summed E-state index contributed by atoms with van der Waals surface area (Å²) in [6.45, 7) is 1.99. The van der Waals surface area contributed by atoms with Gasteiger partial charge in [-0.15, -0.1) is 11.3 Å². The lowest BCUT2D eigenvalue weighted by molar-refractivity contribution is -0.148. The highest BCUT2D eigenvalue weighted by Crippen LogP contribution is 2.16. The van der Waals surface area contributed by atoms with Crippen LogP contribution in [0.25, 0.3) is 0 Å². The average molecular weight is 200 g/mol. The van der Waals surface area contributed by atoms with E-state index in [1.807, 2.05) is 18.4 Å². The van der Waals surface area contributed by atoms with Gasteiger partial charge in [0.05, 0.1) is 0 Å². The summed E-state index contributed by atoms with van der Waals surface area (Å²) in [6.07, 6.45) is -0.275. The van der Waals surface area contributed by atoms with Gasteiger partial charge in [-0.2, -0.15) is 0 Å². The van der Waals surface area contributed by atoms with E-state index in [0.717, 1.165) is 4.88 Å². The molecule has 1 aromatic rings. The van der Waals surface area contributed by atoms with Crippen LogP contribution in [0.15, 0.2) is 11.4 Å². The number of hydrogen-bond acceptors (Lipinski definition) is 3. The standard InChI is InChI=1S/C9H12O3S/c1-6-3-7(13-5-6)4-8(12-2)9(10)11/h3,5,8H,4H2,1-2H3,(H,10,11). The highest BCUT2D eigenvalue weighted by atomic mass is 32.1. The van der Waals surface area contributed by atoms with Crippen LogP contribution in [-0.2, 0) is 16.0 Å². The van der Waals surface area contributed by atoms with E-state index >= 15 is 0 Å². The molecule has 1 aromatic heterocycles. The van der Waals surface area contributed by atoms with Crippen LogP contribution in [0.3, 0.4) is 0 Å². The van der Waals surface area contributed by atoms with E-state index in [-0.39, 0.29) is 0 Å². The summed E-state index contributed by atoms with van der Waals surface area (Å²) in [5, 5.41) is 10.7. The molecule has 1 atom stereocenters. The zero-order valence-corrected chi connectivity index (χ0v) is 8.43. The molecule has 0 aromatic carbocycles. The largest absolute Gasteiger partial charge is 0.479 e. The SMILES string of the molecule is COC(Cc1cc(C)cs1)C(=O)O. The molecule has 3 nitrogen and oxygen atoms in total. The number of carbonyl (C=O) groups is 1. The zero-order valence-electron chi connectivity index (χ0n) is 7.61. The van der Waals surface area contributed by atoms with Gasteiger partial charge in [0.2, 0.25) is 0 Å². The Morgan fingerprint density at radius 2 is 2.46 bits per heavy atom. The molecule has 0 bridgehead atoms. The number of carboxylic acids is 1. The molecule has 0 saturated heterocycles. The van der Waals surface area contributed by atoms with Crippen molar-refractivity contribution in [1.29, 1.82) is 0 Å². The van der Waals surface area contributed by atoms with Gasteiger partial charge >= 0.3 is 5.97 Å². The Morgan fingerprint density at radius 3 is 2.85 bits per heavy atom. The number of aryl methyl sites for hydroxylation is 1. The zero-order chi connectivity index (χ0) is 9.84. The minimum atomic E-state index is -0.909. The number of thiophene rings is 1. The molecular weight excluding hydrogens is 188 g/mol. The number of ether oxygens (including phenoxy) is 1. The Bertz CT molecular complexity index is 293. The van der Waals surface area contributed by atoms with Crippen molar-refractivity contribution in [3.8, 4) is 0 Å². The third-order valence-electron chi connectivity index (χ3n) is 1.73. The number of aliphatic carboxylic acids is 1. The molecule has 72 valence electrons. The molecule has 0 fully saturated rings. The molecular formula is C9H12O3S. The molecule has 1 unspecified atom stereocenters. The molecule has 4 heteroatoms. The third-order valence-corrected chi connectivity index (χ3v) is 2.81. The van der Waals surface area contributed by atoms with Crippen LogP contribution in [-0.4, -0.2) is 24.3 Å². The first-order valence-electron chi connectivity index (χ1n) is 3.93. The maximum absolute atomic E-state index is 10.6. The topological polar surface area (TPSA) is 46.5 Å². The molecule has 0 aliphatic heterocycles. The van der Waals surface area contributed by atoms with Crippen LogP contribution in [0.1, 0.15) is 10.4 Å². The summed E-state index contributed by atoms with van der Waals surface area (Å²) in [6, 6.07) is 1.99. The predicted octanol–water partition coefficient (Wildman–Crippen LogP) is 1.70. The first-order valence-corrected chi connectivity index (χ1v) is 4.81. The molecule has 0 amide bonds. The van der Waals surface area contributed by atoms with Gasteiger partial charge in [0.15, 0.2) is 6.10 Å². The van der Waals surface area contributed by atoms with Crippen molar-refractivity contribution >= 4 is 17.3 Å². The summed E-state index contributed by atoms with van der Waals surface area (Å²) < 4.78 is 4.83. The number of carboxylic acid groups (broad SMARTS) is 1. The Balaban J connectivity index is 2.61. The van der Waals surface area contributed by atoms with Gasteiger partial charge in [-0.05, 0) is 23.9 Å². The van der Waals surface area contributed by atoms with Crippen LogP contribution in [0, 0.1) is 6.92 Å². The fourth-order valence-corrected chi connectivity index (χ4v) is 1.96. The lowest BCUT2D eigenvalue weighted by atomic mass is 10.2. The van der Waals surface area contributed by atoms with Crippen LogP contribution in [0.4, 0.5) is 0 Å². The number of hydrogen-bond donors (Lipinski definition) is 1. The molecule has 0 aliphatic rings. The maximum Gasteiger partial charge on any atom is 0.333 e. The minimum absolute atomic E-state index is 0.449. The first-order chi connectivity index (χ1) is 6.13. The lowest BCUT2D eigenvalue weighted by Gasteiger charge is -2.07. The summed E-state index contributed by atoms with van der Waals surface area (Å²) >= 11 is 1.57. The molecule has 1 N–H and O–H groups in total. The van der Waals surface area contributed by atoms with Crippen molar-refractivity contribution in [1.82, 2.24) is 0 Å². The summed E-state index contributed by atoms with van der Waals surface area (Å²) in [4.78, 5) is 11.7. The van der Waals surface area contributed by atoms with E-state index in [1.54, 1.807) is 11.3 Å². The Labute approximate surface area is 81.0 Å². The van der Waals surface area contributed by atoms with Crippen LogP contribution >= 0.6 is 11.3 Å². The molecule has 13 heavy (non-hydrogen) atoms. The third kappa shape index (κ3) is 2.82. The van der Waals surface area contributed by atoms with Gasteiger partial charge < -0.3 is 9.84 Å². The molecule has 0 aliphatic carbocycles. The normalized spacial score (nSPS) is 12.8. The fourth-order valence-electron chi connectivity index (χ4n) is 1.05. The number of rotatable bonds is 4. The van der Waals surface area contributed by atoms with Gasteiger partial charge in [-0.3, -0.25) is 0 Å². The molecule has 1 heterocycles. The van der Waals surface area contributed by atoms with Crippen molar-refractivity contribution in [2.45, 2.75) is 19.4 Å². The van der Waals surface area contributed by atoms with E-state index in [9.17, 15) is 4.79 Å². The van der Waals surface area contributed by atoms with E-state index in [1.165, 1.54) is 12.7 Å². The Hall–Kier alpha value is -0.870. The van der Waals surface area contributed by atoms with Crippen molar-refractivity contribution in [2.75, 3.05) is 7.11 Å². The van der Waals surface area contributed by atoms with Crippen molar-refractivity contribution in [3.05, 3.63) is 21.9 Å². The Kier molecular flexibility index (Phi) is 3.45. The van der Waals surface area contributed by atoms with E-state index in [0.29, 0.717) is 6.42 Å². The molecule has 0 radical (unpaired) electrons. The summed E-state index contributed by atoms with van der Waals surface area (Å²) in [5.74, 6) is -0.909. The van der Waals surface area contributed by atoms with E-state index < -0.39 is 12.1 Å². The second-order valence-corrected chi connectivity index (χ2v) is 3.85. The minimum Gasteiger partial charge on any atom is -0.479 e. The van der Waals surface area contributed by atoms with Gasteiger partial charge in [0.1, 0.15) is 0 Å². The number of methoxy groups -OCH3 is 1. The summed E-state index contributed by atoms with van der Waals surface area (Å²) in [5.41, 5.74) is 1.17. The summed E-state index contributed by atoms with van der Waals surface area (Å²) in [7, 11) is 1.42. The smallest absolute Gasteiger partial charge is 0.333 e. The Morgan fingerprint density at radius 1 is 1.77 bits per heavy atom. The van der Waals surface area contributed by atoms with Gasteiger partial charge in [-0.25, -0.2) is 4.79 Å². The predicted molar refractivity (Wildman–Crippen MR) is 51.2 cm³/mol. The van der Waals surface area contributed by atoms with Gasteiger partial charge in [-0.1, -0.05) is 0 Å². The van der Waals surface area contributed by atoms with E-state index in [2.05, 4.69) is 0 Å². The molecule has 1 rings (SSSR count). The monoisotopic (exact) mass is 200 g/mol. The van der Waals surface area contributed by atoms with E-state index in [4.69, 9.17) is 9.84 Å². The van der Waals surface area contributed by atoms with Crippen LogP contribution in [0.2, 0.25) is 0 Å². The first kappa shape index (κ1) is 10.2. The van der Waals surface area contributed by atoms with Gasteiger partial charge in [0.25, 0.3) is 0 Å². The average Bonchev–Trinajstić information content (AvgIpc) is 2.46. The van der Waals surface area contributed by atoms with Crippen LogP contribution in [0.5, 0.6) is 0 Å². The second kappa shape index (κ2) is 4.39. The van der Waals surface area contributed by atoms with Crippen molar-refractivity contribution in [2.24, 2.45) is 0 Å². The quantitative estimate of drug-likeness (QED) is 0.804. The lowest BCUT2D eigenvalue weighted by Crippen LogP contribution is -2.24. The van der Waals surface area contributed by atoms with Crippen molar-refractivity contribution in [3.63, 3.8) is 0 Å². The fraction of sp³-hybridized carbons (Fsp3) is 0.444.